The Labute approximate surface area is 148 Å². The molecule has 0 unspecified atom stereocenters. The summed E-state index contributed by atoms with van der Waals surface area (Å²) in [6.07, 6.45) is 9.39. The maximum Gasteiger partial charge on any atom is 0.224 e. The van der Waals surface area contributed by atoms with E-state index in [1.807, 2.05) is 12.1 Å². The van der Waals surface area contributed by atoms with E-state index >= 15 is 0 Å². The van der Waals surface area contributed by atoms with Crippen molar-refractivity contribution in [3.8, 4) is 0 Å². The molecular formula is C17H17N9. The van der Waals surface area contributed by atoms with Crippen molar-refractivity contribution in [2.24, 2.45) is 0 Å². The molecule has 0 spiro atoms. The molecule has 1 fully saturated rings. The summed E-state index contributed by atoms with van der Waals surface area (Å²) in [5.74, 6) is 2.62. The number of aromatic amines is 2. The SMILES string of the molecule is c1cc(Nc2cc(C3CC3)[nH]n2)nc(NCc2cncc3[nH]cnc23)n1. The number of hydrogen-bond donors (Lipinski definition) is 4. The molecule has 4 aromatic rings. The van der Waals surface area contributed by atoms with Gasteiger partial charge in [-0.05, 0) is 18.9 Å². The summed E-state index contributed by atoms with van der Waals surface area (Å²) in [7, 11) is 0. The molecule has 0 aliphatic heterocycles. The van der Waals surface area contributed by atoms with Crippen LogP contribution < -0.4 is 10.6 Å². The fourth-order valence-electron chi connectivity index (χ4n) is 2.87. The van der Waals surface area contributed by atoms with Gasteiger partial charge in [0.05, 0.1) is 23.6 Å². The van der Waals surface area contributed by atoms with E-state index in [1.54, 1.807) is 24.9 Å². The molecule has 1 aliphatic carbocycles. The van der Waals surface area contributed by atoms with E-state index in [4.69, 9.17) is 0 Å². The molecule has 0 aromatic carbocycles. The van der Waals surface area contributed by atoms with Crippen LogP contribution in [-0.4, -0.2) is 35.1 Å². The maximum atomic E-state index is 4.48. The van der Waals surface area contributed by atoms with Gasteiger partial charge in [0.25, 0.3) is 0 Å². The van der Waals surface area contributed by atoms with E-state index in [0.717, 1.165) is 22.4 Å². The fraction of sp³-hybridized carbons (Fsp3) is 0.235. The fourth-order valence-corrected chi connectivity index (χ4v) is 2.87. The van der Waals surface area contributed by atoms with Gasteiger partial charge in [-0.3, -0.25) is 10.1 Å². The lowest BCUT2D eigenvalue weighted by Crippen LogP contribution is -2.05. The van der Waals surface area contributed by atoms with E-state index < -0.39 is 0 Å². The lowest BCUT2D eigenvalue weighted by atomic mass is 10.2. The van der Waals surface area contributed by atoms with Crippen molar-refractivity contribution < 1.29 is 0 Å². The Balaban J connectivity index is 1.29. The molecule has 0 bridgehead atoms. The Bertz CT molecular complexity index is 1050. The summed E-state index contributed by atoms with van der Waals surface area (Å²) in [5.41, 5.74) is 3.96. The number of imidazole rings is 1. The normalized spacial score (nSPS) is 13.8. The van der Waals surface area contributed by atoms with Crippen molar-refractivity contribution in [3.63, 3.8) is 0 Å². The van der Waals surface area contributed by atoms with Crippen molar-refractivity contribution in [3.05, 3.63) is 48.3 Å². The van der Waals surface area contributed by atoms with Gasteiger partial charge >= 0.3 is 0 Å². The lowest BCUT2D eigenvalue weighted by Gasteiger charge is -2.07. The Morgan fingerprint density at radius 2 is 2.12 bits per heavy atom. The number of pyridine rings is 1. The number of anilines is 3. The third-order valence-electron chi connectivity index (χ3n) is 4.37. The minimum Gasteiger partial charge on any atom is -0.350 e. The first-order valence-electron chi connectivity index (χ1n) is 8.50. The Morgan fingerprint density at radius 3 is 3.04 bits per heavy atom. The van der Waals surface area contributed by atoms with Crippen LogP contribution in [0.4, 0.5) is 17.6 Å². The summed E-state index contributed by atoms with van der Waals surface area (Å²) in [6.45, 7) is 0.535. The first kappa shape index (κ1) is 14.8. The summed E-state index contributed by atoms with van der Waals surface area (Å²) in [6, 6.07) is 3.85. The number of H-pyrrole nitrogens is 2. The lowest BCUT2D eigenvalue weighted by molar-refractivity contribution is 0.966. The average molecular weight is 347 g/mol. The van der Waals surface area contributed by atoms with Gasteiger partial charge < -0.3 is 15.6 Å². The number of nitrogens with zero attached hydrogens (tertiary/aromatic N) is 5. The van der Waals surface area contributed by atoms with E-state index in [-0.39, 0.29) is 0 Å². The van der Waals surface area contributed by atoms with Crippen LogP contribution in [0.5, 0.6) is 0 Å². The van der Waals surface area contributed by atoms with Gasteiger partial charge in [0.1, 0.15) is 5.82 Å². The molecule has 4 heterocycles. The second kappa shape index (κ2) is 6.10. The molecule has 0 atom stereocenters. The zero-order chi connectivity index (χ0) is 17.3. The van der Waals surface area contributed by atoms with Crippen LogP contribution >= 0.6 is 0 Å². The van der Waals surface area contributed by atoms with Gasteiger partial charge in [-0.1, -0.05) is 0 Å². The molecule has 0 amide bonds. The molecule has 4 N–H and O–H groups in total. The van der Waals surface area contributed by atoms with Crippen LogP contribution in [0.1, 0.15) is 30.0 Å². The second-order valence-corrected chi connectivity index (χ2v) is 6.32. The number of fused-ring (bicyclic) bond motifs is 1. The maximum absolute atomic E-state index is 4.48. The third-order valence-corrected chi connectivity index (χ3v) is 4.37. The summed E-state index contributed by atoms with van der Waals surface area (Å²) < 4.78 is 0. The highest BCUT2D eigenvalue weighted by Gasteiger charge is 2.25. The second-order valence-electron chi connectivity index (χ2n) is 6.32. The van der Waals surface area contributed by atoms with Gasteiger partial charge in [-0.15, -0.1) is 0 Å². The van der Waals surface area contributed by atoms with Crippen molar-refractivity contribution in [1.82, 2.24) is 35.1 Å². The largest absolute Gasteiger partial charge is 0.350 e. The van der Waals surface area contributed by atoms with Gasteiger partial charge in [0, 0.05) is 42.2 Å². The van der Waals surface area contributed by atoms with Crippen LogP contribution in [-0.2, 0) is 6.54 Å². The number of hydrogen-bond acceptors (Lipinski definition) is 7. The summed E-state index contributed by atoms with van der Waals surface area (Å²) in [5, 5.41) is 13.8. The molecule has 9 heteroatoms. The summed E-state index contributed by atoms with van der Waals surface area (Å²) in [4.78, 5) is 20.4. The Hall–Kier alpha value is -3.49. The van der Waals surface area contributed by atoms with Crippen LogP contribution in [0.15, 0.2) is 37.1 Å². The number of nitrogens with one attached hydrogen (secondary N) is 4. The molecule has 130 valence electrons. The highest BCUT2D eigenvalue weighted by Crippen LogP contribution is 2.39. The Kier molecular flexibility index (Phi) is 3.48. The molecule has 5 rings (SSSR count). The number of aromatic nitrogens is 7. The predicted octanol–water partition coefficient (Wildman–Crippen LogP) is 2.70. The molecule has 0 radical (unpaired) electrons. The third kappa shape index (κ3) is 2.94. The molecule has 0 saturated heterocycles. The van der Waals surface area contributed by atoms with Crippen molar-refractivity contribution >= 4 is 28.6 Å². The van der Waals surface area contributed by atoms with Crippen molar-refractivity contribution in [2.75, 3.05) is 10.6 Å². The summed E-state index contributed by atoms with van der Waals surface area (Å²) >= 11 is 0. The van der Waals surface area contributed by atoms with Gasteiger partial charge in [-0.25, -0.2) is 9.97 Å². The zero-order valence-electron chi connectivity index (χ0n) is 13.9. The minimum atomic E-state index is 0.528. The monoisotopic (exact) mass is 347 g/mol. The molecule has 9 nitrogen and oxygen atoms in total. The highest BCUT2D eigenvalue weighted by molar-refractivity contribution is 5.77. The smallest absolute Gasteiger partial charge is 0.224 e. The van der Waals surface area contributed by atoms with Crippen LogP contribution in [0.3, 0.4) is 0 Å². The van der Waals surface area contributed by atoms with E-state index in [9.17, 15) is 0 Å². The number of rotatable bonds is 6. The first-order chi connectivity index (χ1) is 12.8. The van der Waals surface area contributed by atoms with E-state index in [0.29, 0.717) is 24.2 Å². The van der Waals surface area contributed by atoms with Crippen molar-refractivity contribution in [1.29, 1.82) is 0 Å². The topological polar surface area (TPSA) is 120 Å². The molecule has 1 aliphatic rings. The van der Waals surface area contributed by atoms with Gasteiger partial charge in [-0.2, -0.15) is 10.1 Å². The highest BCUT2D eigenvalue weighted by atomic mass is 15.2. The molecule has 1 saturated carbocycles. The van der Waals surface area contributed by atoms with Gasteiger partial charge in [0.15, 0.2) is 5.82 Å². The van der Waals surface area contributed by atoms with Crippen LogP contribution in [0, 0.1) is 0 Å². The quantitative estimate of drug-likeness (QED) is 0.423. The molecular weight excluding hydrogens is 330 g/mol. The van der Waals surface area contributed by atoms with Gasteiger partial charge in [0.2, 0.25) is 5.95 Å². The minimum absolute atomic E-state index is 0.528. The van der Waals surface area contributed by atoms with E-state index in [1.165, 1.54) is 18.5 Å². The predicted molar refractivity (Wildman–Crippen MR) is 97.1 cm³/mol. The molecule has 4 aromatic heterocycles. The molecule has 26 heavy (non-hydrogen) atoms. The van der Waals surface area contributed by atoms with E-state index in [2.05, 4.69) is 45.8 Å². The Morgan fingerprint density at radius 1 is 1.15 bits per heavy atom. The van der Waals surface area contributed by atoms with Crippen molar-refractivity contribution in [2.45, 2.75) is 25.3 Å². The standard InChI is InChI=1S/C17H17N9/c1-2-10(1)12-5-15(26-25-12)23-14-3-4-19-17(24-14)20-7-11-6-18-8-13-16(11)22-9-21-13/h3-6,8-10H,1-2,7H2,(H,21,22)(H3,19,20,23,24,25,26). The van der Waals surface area contributed by atoms with Crippen LogP contribution in [0.25, 0.3) is 11.0 Å². The van der Waals surface area contributed by atoms with Crippen LogP contribution in [0.2, 0.25) is 0 Å². The average Bonchev–Trinajstić information content (AvgIpc) is 3.21. The zero-order valence-corrected chi connectivity index (χ0v) is 13.9. The first-order valence-corrected chi connectivity index (χ1v) is 8.50.